The van der Waals surface area contributed by atoms with Crippen LogP contribution in [0, 0.1) is 5.41 Å². The third kappa shape index (κ3) is 3.39. The SMILES string of the molecule is CC1=CC(=O)CC(C)(C)C1.[H-].[H-].[Mg+2]. The molecule has 0 heterocycles. The van der Waals surface area contributed by atoms with Crippen LogP contribution in [0.2, 0.25) is 0 Å². The monoisotopic (exact) mass is 164 g/mol. The van der Waals surface area contributed by atoms with E-state index in [0.717, 1.165) is 6.42 Å². The number of rotatable bonds is 0. The van der Waals surface area contributed by atoms with Crippen LogP contribution in [0.4, 0.5) is 0 Å². The van der Waals surface area contributed by atoms with Crippen molar-refractivity contribution in [3.05, 3.63) is 11.6 Å². The van der Waals surface area contributed by atoms with Gasteiger partial charge in [0.1, 0.15) is 0 Å². The van der Waals surface area contributed by atoms with E-state index in [1.165, 1.54) is 5.57 Å². The topological polar surface area (TPSA) is 17.1 Å². The van der Waals surface area contributed by atoms with E-state index in [9.17, 15) is 4.79 Å². The van der Waals surface area contributed by atoms with Crippen LogP contribution in [-0.4, -0.2) is 28.8 Å². The fourth-order valence-electron chi connectivity index (χ4n) is 1.67. The van der Waals surface area contributed by atoms with Crippen LogP contribution in [0.25, 0.3) is 0 Å². The van der Waals surface area contributed by atoms with Gasteiger partial charge in [-0.2, -0.15) is 0 Å². The van der Waals surface area contributed by atoms with Crippen LogP contribution in [-0.2, 0) is 4.79 Å². The second kappa shape index (κ2) is 3.72. The number of carbonyl (C=O) groups is 1. The Morgan fingerprint density at radius 1 is 1.45 bits per heavy atom. The van der Waals surface area contributed by atoms with E-state index in [-0.39, 0.29) is 37.1 Å². The van der Waals surface area contributed by atoms with Crippen molar-refractivity contribution in [2.24, 2.45) is 5.41 Å². The molecule has 0 bridgehead atoms. The van der Waals surface area contributed by atoms with Crippen molar-refractivity contribution >= 4 is 28.8 Å². The van der Waals surface area contributed by atoms with Crippen molar-refractivity contribution in [2.45, 2.75) is 33.6 Å². The number of carbonyl (C=O) groups excluding carboxylic acids is 1. The molecule has 0 atom stereocenters. The van der Waals surface area contributed by atoms with E-state index >= 15 is 0 Å². The summed E-state index contributed by atoms with van der Waals surface area (Å²) in [5, 5.41) is 0. The van der Waals surface area contributed by atoms with Crippen molar-refractivity contribution in [2.75, 3.05) is 0 Å². The summed E-state index contributed by atoms with van der Waals surface area (Å²) in [7, 11) is 0. The Balaban J connectivity index is -0.000000333. The third-order valence-electron chi connectivity index (χ3n) is 1.82. The molecule has 0 amide bonds. The molecular formula is C9H16MgO. The predicted octanol–water partition coefficient (Wildman–Crippen LogP) is 2.17. The van der Waals surface area contributed by atoms with Gasteiger partial charge in [0.15, 0.2) is 5.78 Å². The van der Waals surface area contributed by atoms with Gasteiger partial charge in [0.05, 0.1) is 0 Å². The minimum atomic E-state index is 0. The normalized spacial score (nSPS) is 22.1. The quantitative estimate of drug-likeness (QED) is 0.502. The van der Waals surface area contributed by atoms with E-state index in [2.05, 4.69) is 13.8 Å². The van der Waals surface area contributed by atoms with Crippen molar-refractivity contribution < 1.29 is 7.65 Å². The van der Waals surface area contributed by atoms with Gasteiger partial charge < -0.3 is 2.85 Å². The number of hydrogen-bond acceptors (Lipinski definition) is 1. The van der Waals surface area contributed by atoms with Crippen molar-refractivity contribution in [1.82, 2.24) is 0 Å². The van der Waals surface area contributed by atoms with E-state index in [1.54, 1.807) is 6.08 Å². The van der Waals surface area contributed by atoms with Gasteiger partial charge >= 0.3 is 23.1 Å². The number of hydrogen-bond donors (Lipinski definition) is 0. The Bertz CT molecular complexity index is 200. The molecule has 0 aromatic carbocycles. The average molecular weight is 165 g/mol. The minimum Gasteiger partial charge on any atom is -1.00 e. The zero-order chi connectivity index (χ0) is 7.78. The average Bonchev–Trinajstić information content (AvgIpc) is 1.54. The third-order valence-corrected chi connectivity index (χ3v) is 1.82. The standard InChI is InChI=1S/C9H14O.Mg.2H/c1-7-4-8(10)6-9(2,3)5-7;;;/h4H,5-6H2,1-3H3;;;/q;+2;2*-1. The molecule has 1 aliphatic carbocycles. The van der Waals surface area contributed by atoms with Gasteiger partial charge in [-0.25, -0.2) is 0 Å². The van der Waals surface area contributed by atoms with Crippen molar-refractivity contribution in [3.63, 3.8) is 0 Å². The van der Waals surface area contributed by atoms with Crippen LogP contribution in [0.1, 0.15) is 36.5 Å². The molecule has 1 aliphatic rings. The van der Waals surface area contributed by atoms with Gasteiger partial charge in [-0.3, -0.25) is 4.79 Å². The van der Waals surface area contributed by atoms with E-state index in [1.807, 2.05) is 6.92 Å². The Labute approximate surface area is 87.4 Å². The zero-order valence-electron chi connectivity index (χ0n) is 9.61. The van der Waals surface area contributed by atoms with Gasteiger partial charge in [0, 0.05) is 6.42 Å². The molecule has 2 heteroatoms. The van der Waals surface area contributed by atoms with Gasteiger partial charge in [0.2, 0.25) is 0 Å². The molecule has 0 radical (unpaired) electrons. The first-order chi connectivity index (χ1) is 4.49. The summed E-state index contributed by atoms with van der Waals surface area (Å²) in [4.78, 5) is 11.0. The fourth-order valence-corrected chi connectivity index (χ4v) is 1.67. The van der Waals surface area contributed by atoms with E-state index in [0.29, 0.717) is 6.42 Å². The molecule has 0 aliphatic heterocycles. The summed E-state index contributed by atoms with van der Waals surface area (Å²) in [5.41, 5.74) is 1.43. The Kier molecular flexibility index (Phi) is 3.78. The molecule has 0 unspecified atom stereocenters. The van der Waals surface area contributed by atoms with Crippen LogP contribution in [0.3, 0.4) is 0 Å². The summed E-state index contributed by atoms with van der Waals surface area (Å²) in [6.45, 7) is 6.31. The molecule has 0 saturated heterocycles. The van der Waals surface area contributed by atoms with Crippen LogP contribution in [0.15, 0.2) is 11.6 Å². The summed E-state index contributed by atoms with van der Waals surface area (Å²) in [6.07, 6.45) is 3.55. The maximum atomic E-state index is 11.0. The smallest absolute Gasteiger partial charge is 1.00 e. The Hall–Kier alpha value is 0.176. The summed E-state index contributed by atoms with van der Waals surface area (Å²) in [5.74, 6) is 0.286. The number of ketones is 1. The van der Waals surface area contributed by atoms with Gasteiger partial charge in [-0.05, 0) is 24.8 Å². The maximum absolute atomic E-state index is 11.0. The van der Waals surface area contributed by atoms with Crippen LogP contribution >= 0.6 is 0 Å². The first kappa shape index (κ1) is 11.2. The summed E-state index contributed by atoms with van der Waals surface area (Å²) >= 11 is 0. The molecule has 60 valence electrons. The molecule has 1 nitrogen and oxygen atoms in total. The molecule has 0 aromatic heterocycles. The summed E-state index contributed by atoms with van der Waals surface area (Å²) in [6, 6.07) is 0. The Morgan fingerprint density at radius 2 is 2.00 bits per heavy atom. The molecule has 0 spiro atoms. The van der Waals surface area contributed by atoms with Crippen molar-refractivity contribution in [3.8, 4) is 0 Å². The Morgan fingerprint density at radius 3 is 2.36 bits per heavy atom. The van der Waals surface area contributed by atoms with Crippen LogP contribution in [0.5, 0.6) is 0 Å². The van der Waals surface area contributed by atoms with E-state index in [4.69, 9.17) is 0 Å². The second-order valence-electron chi connectivity index (χ2n) is 3.97. The molecule has 1 rings (SSSR count). The van der Waals surface area contributed by atoms with E-state index < -0.39 is 0 Å². The second-order valence-corrected chi connectivity index (χ2v) is 3.97. The molecular weight excluding hydrogens is 148 g/mol. The zero-order valence-corrected chi connectivity index (χ0v) is 9.02. The maximum Gasteiger partial charge on any atom is 2.00 e. The molecule has 0 aromatic rings. The summed E-state index contributed by atoms with van der Waals surface area (Å²) < 4.78 is 0. The predicted molar refractivity (Wildman–Crippen MR) is 49.8 cm³/mol. The van der Waals surface area contributed by atoms with Gasteiger partial charge in [0.25, 0.3) is 0 Å². The minimum absolute atomic E-state index is 0. The number of allylic oxidation sites excluding steroid dienone is 2. The first-order valence-electron chi connectivity index (χ1n) is 3.70. The fraction of sp³-hybridized carbons (Fsp3) is 0.667. The van der Waals surface area contributed by atoms with Crippen LogP contribution < -0.4 is 0 Å². The van der Waals surface area contributed by atoms with Gasteiger partial charge in [-0.1, -0.05) is 19.4 Å². The van der Waals surface area contributed by atoms with Crippen molar-refractivity contribution in [1.29, 1.82) is 0 Å². The first-order valence-corrected chi connectivity index (χ1v) is 3.70. The molecule has 0 N–H and O–H groups in total. The van der Waals surface area contributed by atoms with Gasteiger partial charge in [-0.15, -0.1) is 0 Å². The molecule has 0 saturated carbocycles. The largest absolute Gasteiger partial charge is 2.00 e. The molecule has 11 heavy (non-hydrogen) atoms. The molecule has 0 fully saturated rings.